The molecule has 5 nitrogen and oxygen atoms in total. The lowest BCUT2D eigenvalue weighted by Gasteiger charge is -2.40. The number of nitrogens with one attached hydrogen (secondary N) is 1. The largest absolute Gasteiger partial charge is 0.480 e. The maximum Gasteiger partial charge on any atom is 0.329 e. The Morgan fingerprint density at radius 2 is 1.71 bits per heavy atom. The monoisotopic (exact) mass is 298 g/mol. The maximum atomic E-state index is 12.4. The average Bonchev–Trinajstić information content (AvgIpc) is 2.43. The van der Waals surface area contributed by atoms with Crippen LogP contribution in [-0.2, 0) is 4.79 Å². The number of carboxylic acid groups (broad SMARTS) is 1. The van der Waals surface area contributed by atoms with E-state index in [0.29, 0.717) is 18.3 Å². The van der Waals surface area contributed by atoms with Crippen molar-refractivity contribution in [2.75, 3.05) is 7.05 Å². The van der Waals surface area contributed by atoms with Gasteiger partial charge >= 0.3 is 12.0 Å². The van der Waals surface area contributed by atoms with Crippen molar-refractivity contribution >= 4 is 12.0 Å². The zero-order valence-electron chi connectivity index (χ0n) is 14.0. The first kappa shape index (κ1) is 17.8. The molecule has 1 rings (SSSR count). The summed E-state index contributed by atoms with van der Waals surface area (Å²) in [6.07, 6.45) is 4.93. The van der Waals surface area contributed by atoms with Gasteiger partial charge in [-0.1, -0.05) is 27.7 Å². The molecule has 1 aliphatic rings. The summed E-state index contributed by atoms with van der Waals surface area (Å²) < 4.78 is 0. The highest BCUT2D eigenvalue weighted by Crippen LogP contribution is 2.36. The Hall–Kier alpha value is -1.26. The van der Waals surface area contributed by atoms with Crippen molar-refractivity contribution in [3.63, 3.8) is 0 Å². The van der Waals surface area contributed by atoms with Crippen molar-refractivity contribution in [3.8, 4) is 0 Å². The van der Waals surface area contributed by atoms with Crippen LogP contribution in [0.5, 0.6) is 0 Å². The minimum absolute atomic E-state index is 0.207. The first-order valence-electron chi connectivity index (χ1n) is 7.96. The highest BCUT2D eigenvalue weighted by Gasteiger charge is 2.38. The minimum atomic E-state index is -1.15. The molecule has 0 aliphatic heterocycles. The molecule has 0 heterocycles. The van der Waals surface area contributed by atoms with E-state index >= 15 is 0 Å². The van der Waals surface area contributed by atoms with E-state index in [1.165, 1.54) is 0 Å². The van der Waals surface area contributed by atoms with Crippen LogP contribution < -0.4 is 5.32 Å². The lowest BCUT2D eigenvalue weighted by atomic mass is 9.75. The normalized spacial score (nSPS) is 19.1. The van der Waals surface area contributed by atoms with Gasteiger partial charge < -0.3 is 15.3 Å². The molecule has 0 spiro atoms. The Balaban J connectivity index is 2.68. The van der Waals surface area contributed by atoms with Gasteiger partial charge in [0.1, 0.15) is 5.54 Å². The van der Waals surface area contributed by atoms with Crippen LogP contribution in [-0.4, -0.2) is 40.6 Å². The number of carbonyl (C=O) groups is 2. The van der Waals surface area contributed by atoms with Crippen LogP contribution in [0, 0.1) is 5.41 Å². The zero-order chi connectivity index (χ0) is 16.3. The van der Waals surface area contributed by atoms with Gasteiger partial charge in [-0.3, -0.25) is 0 Å². The highest BCUT2D eigenvalue weighted by molar-refractivity contribution is 5.86. The van der Waals surface area contributed by atoms with E-state index in [9.17, 15) is 14.7 Å². The van der Waals surface area contributed by atoms with Crippen LogP contribution in [0.15, 0.2) is 0 Å². The maximum absolute atomic E-state index is 12.4. The van der Waals surface area contributed by atoms with E-state index in [1.807, 2.05) is 0 Å². The molecule has 0 saturated heterocycles. The fraction of sp³-hybridized carbons (Fsp3) is 0.875. The Labute approximate surface area is 128 Å². The average molecular weight is 298 g/mol. The van der Waals surface area contributed by atoms with Gasteiger partial charge in [-0.25, -0.2) is 9.59 Å². The first-order chi connectivity index (χ1) is 9.67. The van der Waals surface area contributed by atoms with Gasteiger partial charge in [-0.05, 0) is 43.9 Å². The third-order valence-electron chi connectivity index (χ3n) is 5.14. The third-order valence-corrected chi connectivity index (χ3v) is 5.14. The number of hydrogen-bond acceptors (Lipinski definition) is 2. The number of carboxylic acids is 1. The van der Waals surface area contributed by atoms with Crippen LogP contribution in [0.4, 0.5) is 4.79 Å². The molecule has 0 unspecified atom stereocenters. The van der Waals surface area contributed by atoms with Gasteiger partial charge in [-0.2, -0.15) is 0 Å². The van der Waals surface area contributed by atoms with E-state index in [1.54, 1.807) is 25.8 Å². The molecular formula is C16H30N2O3. The Morgan fingerprint density at radius 1 is 1.24 bits per heavy atom. The molecule has 0 atom stereocenters. The fourth-order valence-corrected chi connectivity index (χ4v) is 3.01. The quantitative estimate of drug-likeness (QED) is 0.818. The van der Waals surface area contributed by atoms with Gasteiger partial charge in [0.2, 0.25) is 0 Å². The first-order valence-corrected chi connectivity index (χ1v) is 7.96. The highest BCUT2D eigenvalue weighted by atomic mass is 16.4. The van der Waals surface area contributed by atoms with Crippen LogP contribution >= 0.6 is 0 Å². The molecule has 122 valence electrons. The predicted molar refractivity (Wildman–Crippen MR) is 83.3 cm³/mol. The summed E-state index contributed by atoms with van der Waals surface area (Å²) in [5.41, 5.74) is -0.801. The van der Waals surface area contributed by atoms with E-state index in [4.69, 9.17) is 0 Å². The number of rotatable bonds is 5. The standard InChI is InChI=1S/C16H30N2O3/c1-6-16(7-2,13(19)20)17-14(21)18(5)12-8-10-15(3,4)11-9-12/h12H,6-11H2,1-5H3,(H,17,21)(H,19,20). The van der Waals surface area contributed by atoms with Crippen LogP contribution in [0.25, 0.3) is 0 Å². The van der Waals surface area contributed by atoms with Gasteiger partial charge in [-0.15, -0.1) is 0 Å². The Bertz CT molecular complexity index is 379. The van der Waals surface area contributed by atoms with Gasteiger partial charge in [0.05, 0.1) is 0 Å². The lowest BCUT2D eigenvalue weighted by Crippen LogP contribution is -2.58. The van der Waals surface area contributed by atoms with Crippen molar-refractivity contribution < 1.29 is 14.7 Å². The van der Waals surface area contributed by atoms with Crippen molar-refractivity contribution in [2.45, 2.75) is 77.8 Å². The number of carbonyl (C=O) groups excluding carboxylic acids is 1. The summed E-state index contributed by atoms with van der Waals surface area (Å²) in [7, 11) is 1.77. The molecule has 0 bridgehead atoms. The predicted octanol–water partition coefficient (Wildman–Crippen LogP) is 3.24. The van der Waals surface area contributed by atoms with Crippen molar-refractivity contribution in [3.05, 3.63) is 0 Å². The smallest absolute Gasteiger partial charge is 0.329 e. The summed E-state index contributed by atoms with van der Waals surface area (Å²) in [5.74, 6) is -0.959. The van der Waals surface area contributed by atoms with E-state index in [2.05, 4.69) is 19.2 Å². The van der Waals surface area contributed by atoms with Crippen molar-refractivity contribution in [1.29, 1.82) is 0 Å². The van der Waals surface area contributed by atoms with Crippen LogP contribution in [0.2, 0.25) is 0 Å². The number of urea groups is 1. The SMILES string of the molecule is CCC(CC)(NC(=O)N(C)C1CCC(C)(C)CC1)C(=O)O. The topological polar surface area (TPSA) is 69.6 Å². The second-order valence-corrected chi connectivity index (χ2v) is 7.03. The molecule has 1 aliphatic carbocycles. The molecule has 0 aromatic heterocycles. The van der Waals surface area contributed by atoms with Gasteiger partial charge in [0, 0.05) is 13.1 Å². The van der Waals surface area contributed by atoms with Crippen molar-refractivity contribution in [2.24, 2.45) is 5.41 Å². The van der Waals surface area contributed by atoms with E-state index in [0.717, 1.165) is 25.7 Å². The van der Waals surface area contributed by atoms with Crippen LogP contribution in [0.3, 0.4) is 0 Å². The van der Waals surface area contributed by atoms with Crippen molar-refractivity contribution in [1.82, 2.24) is 10.2 Å². The second-order valence-electron chi connectivity index (χ2n) is 7.03. The fourth-order valence-electron chi connectivity index (χ4n) is 3.01. The summed E-state index contributed by atoms with van der Waals surface area (Å²) >= 11 is 0. The van der Waals surface area contributed by atoms with Crippen LogP contribution in [0.1, 0.15) is 66.2 Å². The molecule has 21 heavy (non-hydrogen) atoms. The molecule has 0 aromatic carbocycles. The Kier molecular flexibility index (Phi) is 5.65. The molecule has 1 fully saturated rings. The van der Waals surface area contributed by atoms with Gasteiger partial charge in [0.25, 0.3) is 0 Å². The minimum Gasteiger partial charge on any atom is -0.480 e. The molecule has 5 heteroatoms. The molecular weight excluding hydrogens is 268 g/mol. The lowest BCUT2D eigenvalue weighted by molar-refractivity contribution is -0.144. The number of hydrogen-bond donors (Lipinski definition) is 2. The molecule has 2 amide bonds. The summed E-state index contributed by atoms with van der Waals surface area (Å²) in [6, 6.07) is -0.0657. The summed E-state index contributed by atoms with van der Waals surface area (Å²) in [4.78, 5) is 25.6. The van der Waals surface area contributed by atoms with Gasteiger partial charge in [0.15, 0.2) is 0 Å². The Morgan fingerprint density at radius 3 is 2.10 bits per heavy atom. The molecule has 2 N–H and O–H groups in total. The molecule has 0 radical (unpaired) electrons. The number of amides is 2. The second kappa shape index (κ2) is 6.67. The molecule has 0 aromatic rings. The zero-order valence-corrected chi connectivity index (χ0v) is 14.0. The van der Waals surface area contributed by atoms with E-state index in [-0.39, 0.29) is 12.1 Å². The number of nitrogens with zero attached hydrogens (tertiary/aromatic N) is 1. The third kappa shape index (κ3) is 4.11. The summed E-state index contributed by atoms with van der Waals surface area (Å²) in [5, 5.41) is 12.1. The number of aliphatic carboxylic acids is 1. The summed E-state index contributed by atoms with van der Waals surface area (Å²) in [6.45, 7) is 8.10. The van der Waals surface area contributed by atoms with E-state index < -0.39 is 11.5 Å². The molecule has 1 saturated carbocycles.